The van der Waals surface area contributed by atoms with Crippen molar-refractivity contribution in [2.75, 3.05) is 16.8 Å². The van der Waals surface area contributed by atoms with Gasteiger partial charge in [-0.05, 0) is 55.8 Å². The summed E-state index contributed by atoms with van der Waals surface area (Å²) in [4.78, 5) is 18.1. The van der Waals surface area contributed by atoms with Crippen LogP contribution >= 0.6 is 0 Å². The minimum absolute atomic E-state index is 0.0166. The highest BCUT2D eigenvalue weighted by Crippen LogP contribution is 2.32. The molecule has 2 aromatic carbocycles. The molecule has 1 unspecified atom stereocenters. The molecule has 0 bridgehead atoms. The fraction of sp³-hybridized carbons (Fsp3) is 0.208. The summed E-state index contributed by atoms with van der Waals surface area (Å²) >= 11 is 0. The number of hydrogen-bond donors (Lipinski definition) is 1. The number of fused-ring (bicyclic) bond motifs is 1. The average Bonchev–Trinajstić information content (AvgIpc) is 3.33. The largest absolute Gasteiger partial charge is 0.322 e. The van der Waals surface area contributed by atoms with E-state index in [0.29, 0.717) is 45.7 Å². The number of benzene rings is 2. The Balaban J connectivity index is 1.69. The van der Waals surface area contributed by atoms with Crippen LogP contribution < -0.4 is 5.32 Å². The number of halogens is 1. The summed E-state index contributed by atoms with van der Waals surface area (Å²) in [6, 6.07) is 16.2. The lowest BCUT2D eigenvalue weighted by Crippen LogP contribution is -2.15. The Labute approximate surface area is 190 Å². The second-order valence-corrected chi connectivity index (χ2v) is 10.4. The van der Waals surface area contributed by atoms with Crippen molar-refractivity contribution in [2.45, 2.75) is 19.4 Å². The molecule has 1 amide bonds. The lowest BCUT2D eigenvalue weighted by molar-refractivity contribution is 0.102. The number of para-hydroxylation sites is 1. The first-order valence-electron chi connectivity index (χ1n) is 10.5. The maximum Gasteiger partial charge on any atom is 0.256 e. The van der Waals surface area contributed by atoms with E-state index in [1.165, 1.54) is 12.1 Å². The van der Waals surface area contributed by atoms with Crippen molar-refractivity contribution in [1.82, 2.24) is 14.8 Å². The van der Waals surface area contributed by atoms with Crippen LogP contribution in [-0.2, 0) is 9.84 Å². The normalized spacial score (nSPS) is 17.3. The summed E-state index contributed by atoms with van der Waals surface area (Å²) in [7, 11) is -3.15. The van der Waals surface area contributed by atoms with E-state index in [1.54, 1.807) is 41.9 Å². The molecular weight excluding hydrogens is 443 g/mol. The molecule has 1 aliphatic rings. The highest BCUT2D eigenvalue weighted by molar-refractivity contribution is 7.91. The lowest BCUT2D eigenvalue weighted by Gasteiger charge is -2.12. The van der Waals surface area contributed by atoms with E-state index in [9.17, 15) is 17.6 Å². The Morgan fingerprint density at radius 2 is 1.85 bits per heavy atom. The average molecular weight is 465 g/mol. The van der Waals surface area contributed by atoms with Crippen molar-refractivity contribution < 1.29 is 17.6 Å². The van der Waals surface area contributed by atoms with Gasteiger partial charge in [0.15, 0.2) is 15.5 Å². The number of hydrogen-bond acceptors (Lipinski definition) is 5. The predicted octanol–water partition coefficient (Wildman–Crippen LogP) is 4.16. The molecular formula is C24H21FN4O3S. The molecule has 1 N–H and O–H groups in total. The second kappa shape index (κ2) is 8.08. The van der Waals surface area contributed by atoms with E-state index in [0.717, 1.165) is 0 Å². The zero-order chi connectivity index (χ0) is 23.2. The van der Waals surface area contributed by atoms with Gasteiger partial charge in [-0.3, -0.25) is 4.79 Å². The summed E-state index contributed by atoms with van der Waals surface area (Å²) < 4.78 is 39.3. The van der Waals surface area contributed by atoms with Crippen molar-refractivity contribution in [2.24, 2.45) is 0 Å². The quantitative estimate of drug-likeness (QED) is 0.490. The van der Waals surface area contributed by atoms with Crippen LogP contribution in [0.15, 0.2) is 60.7 Å². The first-order chi connectivity index (χ1) is 15.8. The van der Waals surface area contributed by atoms with Crippen LogP contribution in [-0.4, -0.2) is 40.6 Å². The lowest BCUT2D eigenvalue weighted by atomic mass is 10.0. The van der Waals surface area contributed by atoms with Crippen LogP contribution in [0.3, 0.4) is 0 Å². The van der Waals surface area contributed by atoms with Gasteiger partial charge in [-0.25, -0.2) is 22.5 Å². The summed E-state index contributed by atoms with van der Waals surface area (Å²) in [5, 5.41) is 8.05. The van der Waals surface area contributed by atoms with E-state index in [1.807, 2.05) is 18.2 Å². The highest BCUT2D eigenvalue weighted by atomic mass is 32.2. The van der Waals surface area contributed by atoms with Crippen LogP contribution in [0.25, 0.3) is 22.3 Å². The van der Waals surface area contributed by atoms with Crippen LogP contribution in [0, 0.1) is 12.7 Å². The molecule has 1 fully saturated rings. The van der Waals surface area contributed by atoms with Gasteiger partial charge in [0.2, 0.25) is 0 Å². The topological polar surface area (TPSA) is 93.9 Å². The van der Waals surface area contributed by atoms with Crippen molar-refractivity contribution in [3.05, 3.63) is 77.7 Å². The molecule has 7 nitrogen and oxygen atoms in total. The van der Waals surface area contributed by atoms with Gasteiger partial charge in [-0.15, -0.1) is 0 Å². The van der Waals surface area contributed by atoms with Crippen LogP contribution in [0.2, 0.25) is 0 Å². The number of aryl methyl sites for hydroxylation is 1. The van der Waals surface area contributed by atoms with Gasteiger partial charge in [0.1, 0.15) is 5.82 Å². The Morgan fingerprint density at radius 3 is 2.52 bits per heavy atom. The monoisotopic (exact) mass is 464 g/mol. The first kappa shape index (κ1) is 21.3. The third-order valence-electron chi connectivity index (χ3n) is 5.81. The van der Waals surface area contributed by atoms with E-state index < -0.39 is 9.84 Å². The molecule has 1 saturated heterocycles. The van der Waals surface area contributed by atoms with Crippen LogP contribution in [0.4, 0.5) is 10.1 Å². The van der Waals surface area contributed by atoms with Gasteiger partial charge in [0.05, 0.1) is 39.9 Å². The number of anilines is 1. The van der Waals surface area contributed by atoms with Crippen LogP contribution in [0.1, 0.15) is 28.5 Å². The number of carbonyl (C=O) groups excluding carboxylic acids is 1. The van der Waals surface area contributed by atoms with E-state index in [2.05, 4.69) is 10.4 Å². The molecule has 33 heavy (non-hydrogen) atoms. The molecule has 5 rings (SSSR count). The number of rotatable bonds is 4. The molecule has 1 aliphatic heterocycles. The fourth-order valence-electron chi connectivity index (χ4n) is 4.20. The number of carbonyl (C=O) groups is 1. The van der Waals surface area contributed by atoms with Crippen LogP contribution in [0.5, 0.6) is 0 Å². The van der Waals surface area contributed by atoms with Gasteiger partial charge < -0.3 is 5.32 Å². The Hall–Kier alpha value is -3.59. The van der Waals surface area contributed by atoms with Gasteiger partial charge in [-0.1, -0.05) is 18.2 Å². The molecule has 168 valence electrons. The molecule has 0 aliphatic carbocycles. The minimum atomic E-state index is -3.15. The second-order valence-electron chi connectivity index (χ2n) is 8.17. The van der Waals surface area contributed by atoms with Gasteiger partial charge in [0.25, 0.3) is 5.91 Å². The molecule has 1 atom stereocenters. The van der Waals surface area contributed by atoms with Crippen molar-refractivity contribution >= 4 is 32.5 Å². The predicted molar refractivity (Wildman–Crippen MR) is 124 cm³/mol. The zero-order valence-corrected chi connectivity index (χ0v) is 18.6. The maximum absolute atomic E-state index is 13.5. The highest BCUT2D eigenvalue weighted by Gasteiger charge is 2.32. The maximum atomic E-state index is 13.5. The number of nitrogens with one attached hydrogen (secondary N) is 1. The molecule has 3 heterocycles. The molecule has 0 radical (unpaired) electrons. The van der Waals surface area contributed by atoms with Gasteiger partial charge in [-0.2, -0.15) is 5.10 Å². The molecule has 2 aromatic heterocycles. The third kappa shape index (κ3) is 4.11. The Kier molecular flexibility index (Phi) is 5.20. The third-order valence-corrected chi connectivity index (χ3v) is 7.56. The Morgan fingerprint density at radius 1 is 1.12 bits per heavy atom. The van der Waals surface area contributed by atoms with E-state index >= 15 is 0 Å². The number of pyridine rings is 1. The first-order valence-corrected chi connectivity index (χ1v) is 12.4. The van der Waals surface area contributed by atoms with Crippen molar-refractivity contribution in [3.63, 3.8) is 0 Å². The van der Waals surface area contributed by atoms with Gasteiger partial charge >= 0.3 is 0 Å². The van der Waals surface area contributed by atoms with Crippen molar-refractivity contribution in [1.29, 1.82) is 0 Å². The minimum Gasteiger partial charge on any atom is -0.322 e. The standard InChI is InChI=1S/C24H21FN4O3S/c1-15-22-20(24(30)26-18-5-3-2-4-6-18)13-21(16-7-9-17(25)10-8-16)27-23(22)29(28-15)19-11-12-33(31,32)14-19/h2-10,13,19H,11-12,14H2,1H3,(H,26,30). The summed E-state index contributed by atoms with van der Waals surface area (Å²) in [5.74, 6) is -0.633. The summed E-state index contributed by atoms with van der Waals surface area (Å²) in [6.07, 6.45) is 0.437. The summed E-state index contributed by atoms with van der Waals surface area (Å²) in [5.41, 5.74) is 3.15. The van der Waals surface area contributed by atoms with E-state index in [-0.39, 0.29) is 29.3 Å². The summed E-state index contributed by atoms with van der Waals surface area (Å²) in [6.45, 7) is 1.78. The zero-order valence-electron chi connectivity index (χ0n) is 17.8. The Bertz CT molecular complexity index is 1470. The number of sulfone groups is 1. The number of amides is 1. The van der Waals surface area contributed by atoms with E-state index in [4.69, 9.17) is 4.98 Å². The molecule has 9 heteroatoms. The van der Waals surface area contributed by atoms with Crippen molar-refractivity contribution in [3.8, 4) is 11.3 Å². The number of aromatic nitrogens is 3. The smallest absolute Gasteiger partial charge is 0.256 e. The fourth-order valence-corrected chi connectivity index (χ4v) is 5.90. The SMILES string of the molecule is Cc1nn(C2CCS(=O)(=O)C2)c2nc(-c3ccc(F)cc3)cc(C(=O)Nc3ccccc3)c12. The molecule has 4 aromatic rings. The van der Waals surface area contributed by atoms with Gasteiger partial charge in [0, 0.05) is 11.3 Å². The number of nitrogens with zero attached hydrogens (tertiary/aromatic N) is 3. The molecule has 0 saturated carbocycles. The molecule has 0 spiro atoms.